The molecular formula is C11H19O2Si2. The van der Waals surface area contributed by atoms with E-state index < -0.39 is 16.9 Å². The molecular weight excluding hydrogens is 220 g/mol. The van der Waals surface area contributed by atoms with Gasteiger partial charge in [0.25, 0.3) is 0 Å². The molecule has 0 fully saturated rings. The van der Waals surface area contributed by atoms with Crippen molar-refractivity contribution in [2.45, 2.75) is 32.7 Å². The van der Waals surface area contributed by atoms with Crippen molar-refractivity contribution in [2.24, 2.45) is 0 Å². The van der Waals surface area contributed by atoms with Crippen LogP contribution in [0.2, 0.25) is 32.7 Å². The van der Waals surface area contributed by atoms with Crippen molar-refractivity contribution in [2.75, 3.05) is 0 Å². The Kier molecular flexibility index (Phi) is 3.30. The van der Waals surface area contributed by atoms with E-state index >= 15 is 0 Å². The number of phenols is 2. The van der Waals surface area contributed by atoms with Gasteiger partial charge in [-0.2, -0.15) is 0 Å². The molecule has 0 aliphatic rings. The zero-order chi connectivity index (χ0) is 11.8. The van der Waals surface area contributed by atoms with Gasteiger partial charge in [-0.1, -0.05) is 32.7 Å². The van der Waals surface area contributed by atoms with Gasteiger partial charge in [-0.3, -0.25) is 0 Å². The van der Waals surface area contributed by atoms with E-state index in [4.69, 9.17) is 0 Å². The van der Waals surface area contributed by atoms with Gasteiger partial charge in [0.05, 0.1) is 16.9 Å². The minimum atomic E-state index is -1.57. The first kappa shape index (κ1) is 12.3. The Morgan fingerprint density at radius 1 is 1.00 bits per heavy atom. The maximum Gasteiger partial charge on any atom is 0.114 e. The minimum Gasteiger partial charge on any atom is -0.508 e. The summed E-state index contributed by atoms with van der Waals surface area (Å²) in [7, 11) is -2.29. The van der Waals surface area contributed by atoms with Gasteiger partial charge in [0, 0.05) is 0 Å². The highest BCUT2D eigenvalue weighted by molar-refractivity contribution is 6.89. The van der Waals surface area contributed by atoms with Crippen LogP contribution in [0.1, 0.15) is 0 Å². The van der Waals surface area contributed by atoms with Crippen molar-refractivity contribution in [3.05, 3.63) is 12.1 Å². The van der Waals surface area contributed by atoms with Gasteiger partial charge in [-0.15, -0.1) is 0 Å². The van der Waals surface area contributed by atoms with Crippen LogP contribution >= 0.6 is 0 Å². The van der Waals surface area contributed by atoms with Crippen LogP contribution in [0.15, 0.2) is 12.1 Å². The Labute approximate surface area is 94.2 Å². The molecule has 15 heavy (non-hydrogen) atoms. The molecule has 0 amide bonds. The molecule has 2 nitrogen and oxygen atoms in total. The molecule has 0 aliphatic carbocycles. The summed E-state index contributed by atoms with van der Waals surface area (Å²) in [4.78, 5) is 0. The Hall–Kier alpha value is -0.746. The molecule has 0 bridgehead atoms. The van der Waals surface area contributed by atoms with E-state index in [2.05, 4.69) is 32.7 Å². The minimum absolute atomic E-state index is 0.351. The van der Waals surface area contributed by atoms with E-state index in [9.17, 15) is 10.2 Å². The fourth-order valence-electron chi connectivity index (χ4n) is 1.58. The van der Waals surface area contributed by atoms with Crippen molar-refractivity contribution in [1.29, 1.82) is 0 Å². The molecule has 0 saturated carbocycles. The quantitative estimate of drug-likeness (QED) is 0.608. The molecule has 2 N–H and O–H groups in total. The third-order valence-electron chi connectivity index (χ3n) is 2.46. The fourth-order valence-corrected chi connectivity index (χ4v) is 4.00. The van der Waals surface area contributed by atoms with Crippen molar-refractivity contribution in [1.82, 2.24) is 0 Å². The molecule has 0 atom stereocenters. The molecule has 0 heterocycles. The summed E-state index contributed by atoms with van der Waals surface area (Å²) in [5, 5.41) is 21.7. The highest BCUT2D eigenvalue weighted by Gasteiger charge is 2.22. The van der Waals surface area contributed by atoms with Crippen LogP contribution in [0.5, 0.6) is 11.5 Å². The number of benzene rings is 1. The molecule has 1 aromatic rings. The monoisotopic (exact) mass is 239 g/mol. The van der Waals surface area contributed by atoms with Crippen molar-refractivity contribution < 1.29 is 10.2 Å². The van der Waals surface area contributed by atoms with Gasteiger partial charge in [-0.05, 0) is 22.5 Å². The van der Waals surface area contributed by atoms with E-state index in [1.165, 1.54) is 0 Å². The number of phenolic OH excluding ortho intramolecular Hbond substituents is 2. The van der Waals surface area contributed by atoms with Gasteiger partial charge in [0.15, 0.2) is 0 Å². The Morgan fingerprint density at radius 3 is 1.93 bits per heavy atom. The van der Waals surface area contributed by atoms with E-state index in [1.54, 1.807) is 12.1 Å². The van der Waals surface area contributed by atoms with E-state index in [0.29, 0.717) is 11.5 Å². The van der Waals surface area contributed by atoms with Gasteiger partial charge in [0.2, 0.25) is 0 Å². The molecule has 4 heteroatoms. The third kappa shape index (κ3) is 2.63. The normalized spacial score (nSPS) is 12.1. The summed E-state index contributed by atoms with van der Waals surface area (Å²) in [6, 6.07) is 3.51. The lowest BCUT2D eigenvalue weighted by Gasteiger charge is -2.20. The lowest BCUT2D eigenvalue weighted by molar-refractivity contribution is 0.467. The summed E-state index contributed by atoms with van der Waals surface area (Å²) < 4.78 is 0. The molecule has 0 aromatic heterocycles. The van der Waals surface area contributed by atoms with Gasteiger partial charge < -0.3 is 10.2 Å². The number of hydrogen-bond acceptors (Lipinski definition) is 2. The molecule has 0 saturated heterocycles. The predicted molar refractivity (Wildman–Crippen MR) is 69.9 cm³/mol. The standard InChI is InChI=1S/C11H19O2Si2/c1-14(2)10-6-9(13)11(7-8(10)12)15(3,4)5/h6-7,12-13H,1-5H3. The van der Waals surface area contributed by atoms with Gasteiger partial charge in [-0.25, -0.2) is 0 Å². The third-order valence-corrected chi connectivity index (χ3v) is 5.96. The highest BCUT2D eigenvalue weighted by Crippen LogP contribution is 2.17. The van der Waals surface area contributed by atoms with Crippen molar-refractivity contribution in [3.63, 3.8) is 0 Å². The SMILES string of the molecule is C[Si](C)c1cc(O)c([Si](C)(C)C)cc1O. The summed E-state index contributed by atoms with van der Waals surface area (Å²) >= 11 is 0. The first-order valence-corrected chi connectivity index (χ1v) is 11.1. The van der Waals surface area contributed by atoms with Crippen LogP contribution in [0, 0.1) is 0 Å². The molecule has 1 rings (SSSR count). The molecule has 0 spiro atoms. The maximum atomic E-state index is 9.94. The van der Waals surface area contributed by atoms with Crippen LogP contribution < -0.4 is 10.4 Å². The van der Waals surface area contributed by atoms with Crippen molar-refractivity contribution in [3.8, 4) is 11.5 Å². The molecule has 1 aromatic carbocycles. The second-order valence-electron chi connectivity index (χ2n) is 5.14. The summed E-state index contributed by atoms with van der Waals surface area (Å²) in [5.74, 6) is 0.706. The van der Waals surface area contributed by atoms with Crippen LogP contribution in [-0.4, -0.2) is 27.1 Å². The number of aromatic hydroxyl groups is 2. The Bertz CT molecular complexity index is 368. The van der Waals surface area contributed by atoms with E-state index in [0.717, 1.165) is 10.4 Å². The van der Waals surface area contributed by atoms with Crippen molar-refractivity contribution >= 4 is 27.2 Å². The average molecular weight is 239 g/mol. The molecule has 83 valence electrons. The van der Waals surface area contributed by atoms with Crippen LogP contribution in [-0.2, 0) is 0 Å². The molecule has 0 unspecified atom stereocenters. The second-order valence-corrected chi connectivity index (χ2v) is 12.7. The zero-order valence-electron chi connectivity index (χ0n) is 10.0. The summed E-state index contributed by atoms with van der Waals surface area (Å²) in [6.07, 6.45) is 0. The second kappa shape index (κ2) is 4.02. The number of rotatable bonds is 2. The largest absolute Gasteiger partial charge is 0.508 e. The average Bonchev–Trinajstić information content (AvgIpc) is 2.06. The lowest BCUT2D eigenvalue weighted by atomic mass is 10.3. The Balaban J connectivity index is 3.32. The summed E-state index contributed by atoms with van der Waals surface area (Å²) in [6.45, 7) is 10.7. The van der Waals surface area contributed by atoms with E-state index in [-0.39, 0.29) is 0 Å². The topological polar surface area (TPSA) is 40.5 Å². The lowest BCUT2D eigenvalue weighted by Crippen LogP contribution is -2.39. The first-order chi connectivity index (χ1) is 6.73. The van der Waals surface area contributed by atoms with Crippen LogP contribution in [0.3, 0.4) is 0 Å². The first-order valence-electron chi connectivity index (χ1n) is 5.10. The Morgan fingerprint density at radius 2 is 1.53 bits per heavy atom. The molecule has 1 radical (unpaired) electrons. The summed E-state index contributed by atoms with van der Waals surface area (Å²) in [5.41, 5.74) is 0. The van der Waals surface area contributed by atoms with Crippen LogP contribution in [0.25, 0.3) is 0 Å². The van der Waals surface area contributed by atoms with Gasteiger partial charge in [0.1, 0.15) is 11.5 Å². The molecule has 0 aliphatic heterocycles. The van der Waals surface area contributed by atoms with E-state index in [1.807, 2.05) is 0 Å². The smallest absolute Gasteiger partial charge is 0.114 e. The predicted octanol–water partition coefficient (Wildman–Crippen LogP) is 1.60. The maximum absolute atomic E-state index is 9.94. The highest BCUT2D eigenvalue weighted by atomic mass is 28.3. The van der Waals surface area contributed by atoms with Crippen LogP contribution in [0.4, 0.5) is 0 Å². The van der Waals surface area contributed by atoms with Gasteiger partial charge >= 0.3 is 0 Å². The number of hydrogen-bond donors (Lipinski definition) is 2. The zero-order valence-corrected chi connectivity index (χ0v) is 12.0. The fraction of sp³-hybridized carbons (Fsp3) is 0.455.